The number of phenolic OH excluding ortho intramolecular Hbond substituents is 1. The van der Waals surface area contributed by atoms with Crippen molar-refractivity contribution in [1.29, 1.82) is 10.5 Å². The van der Waals surface area contributed by atoms with Crippen LogP contribution in [0.5, 0.6) is 5.75 Å². The van der Waals surface area contributed by atoms with Gasteiger partial charge >= 0.3 is 0 Å². The maximum atomic E-state index is 14.1. The van der Waals surface area contributed by atoms with Crippen molar-refractivity contribution in [3.63, 3.8) is 0 Å². The van der Waals surface area contributed by atoms with Crippen LogP contribution in [0.15, 0.2) is 72.5 Å². The molecule has 1 N–H and O–H groups in total. The van der Waals surface area contributed by atoms with Crippen LogP contribution in [0.4, 0.5) is 4.39 Å². The molecule has 0 saturated carbocycles. The molecule has 4 nitrogen and oxygen atoms in total. The normalized spacial score (nSPS) is 18.6. The van der Waals surface area contributed by atoms with Gasteiger partial charge in [-0.1, -0.05) is 24.3 Å². The number of aromatic hydroxyl groups is 1. The van der Waals surface area contributed by atoms with Gasteiger partial charge in [-0.05, 0) is 41.0 Å². The van der Waals surface area contributed by atoms with Crippen LogP contribution in [0, 0.1) is 28.5 Å². The van der Waals surface area contributed by atoms with Gasteiger partial charge in [0.1, 0.15) is 11.6 Å². The van der Waals surface area contributed by atoms with Crippen molar-refractivity contribution in [2.24, 2.45) is 0 Å². The zero-order valence-electron chi connectivity index (χ0n) is 15.5. The first-order valence-electron chi connectivity index (χ1n) is 9.18. The number of rotatable bonds is 0. The summed E-state index contributed by atoms with van der Waals surface area (Å²) < 4.78 is 14.1. The molecule has 1 heterocycles. The second kappa shape index (κ2) is 6.55. The van der Waals surface area contributed by atoms with Gasteiger partial charge in [-0.25, -0.2) is 4.39 Å². The summed E-state index contributed by atoms with van der Waals surface area (Å²) in [6, 6.07) is 17.4. The molecule has 2 aliphatic rings. The van der Waals surface area contributed by atoms with Gasteiger partial charge in [-0.15, -0.1) is 0 Å². The molecule has 2 aliphatic carbocycles. The standard InChI is InChI=1S/C25H12FN3O/c26-14-6-7-15-16(8-10-27)22(17(9-11-28)20(15)13-14)23-18-3-1-5-21(30)24(18)25-19(23)4-2-12-29-25/h1-9,12-13,30H/b16-8?,17-9+,23-22+. The number of benzene rings is 2. The lowest BCUT2D eigenvalue weighted by Gasteiger charge is -2.11. The van der Waals surface area contributed by atoms with E-state index in [1.54, 1.807) is 30.5 Å². The average molecular weight is 389 g/mol. The summed E-state index contributed by atoms with van der Waals surface area (Å²) in [6.45, 7) is 0. The second-order valence-electron chi connectivity index (χ2n) is 6.91. The van der Waals surface area contributed by atoms with Crippen molar-refractivity contribution in [3.05, 3.63) is 101 Å². The Balaban J connectivity index is 1.98. The summed E-state index contributed by atoms with van der Waals surface area (Å²) in [5.41, 5.74) is 6.55. The first-order chi connectivity index (χ1) is 14.7. The van der Waals surface area contributed by atoms with E-state index in [9.17, 15) is 20.0 Å². The number of hydrogen-bond acceptors (Lipinski definition) is 4. The van der Waals surface area contributed by atoms with E-state index in [0.717, 1.165) is 16.7 Å². The molecule has 0 saturated heterocycles. The fourth-order valence-corrected chi connectivity index (χ4v) is 4.30. The highest BCUT2D eigenvalue weighted by Crippen LogP contribution is 2.55. The first kappa shape index (κ1) is 17.6. The summed E-state index contributed by atoms with van der Waals surface area (Å²) in [4.78, 5) is 4.47. The Hall–Kier alpha value is -4.48. The molecule has 0 fully saturated rings. The Bertz CT molecular complexity index is 1430. The fraction of sp³-hybridized carbons (Fsp3) is 0. The molecule has 5 heteroatoms. The SMILES string of the molecule is N#CC=C1C(=C2\c3cccnc3-c3c(O)cccc32)/C(=C/C#N)c2cc(F)ccc21. The molecule has 0 amide bonds. The minimum atomic E-state index is -0.424. The third-order valence-corrected chi connectivity index (χ3v) is 5.39. The third-order valence-electron chi connectivity index (χ3n) is 5.39. The Kier molecular flexibility index (Phi) is 3.84. The van der Waals surface area contributed by atoms with E-state index >= 15 is 0 Å². The first-order valence-corrected chi connectivity index (χ1v) is 9.18. The van der Waals surface area contributed by atoms with Gasteiger partial charge in [0.25, 0.3) is 0 Å². The van der Waals surface area contributed by atoms with Gasteiger partial charge in [0, 0.05) is 46.2 Å². The lowest BCUT2D eigenvalue weighted by atomic mass is 9.91. The van der Waals surface area contributed by atoms with Crippen LogP contribution < -0.4 is 0 Å². The van der Waals surface area contributed by atoms with Gasteiger partial charge in [-0.2, -0.15) is 10.5 Å². The van der Waals surface area contributed by atoms with Crippen LogP contribution in [-0.4, -0.2) is 10.1 Å². The maximum absolute atomic E-state index is 14.1. The zero-order chi connectivity index (χ0) is 20.8. The van der Waals surface area contributed by atoms with Crippen molar-refractivity contribution in [1.82, 2.24) is 4.98 Å². The van der Waals surface area contributed by atoms with Gasteiger partial charge in [0.2, 0.25) is 0 Å². The van der Waals surface area contributed by atoms with E-state index in [1.165, 1.54) is 24.3 Å². The smallest absolute Gasteiger partial charge is 0.125 e. The molecule has 3 aromatic rings. The Morgan fingerprint density at radius 3 is 2.33 bits per heavy atom. The summed E-state index contributed by atoms with van der Waals surface area (Å²) >= 11 is 0. The number of aromatic nitrogens is 1. The van der Waals surface area contributed by atoms with Crippen molar-refractivity contribution in [3.8, 4) is 29.1 Å². The van der Waals surface area contributed by atoms with Crippen LogP contribution in [-0.2, 0) is 0 Å². The van der Waals surface area contributed by atoms with Crippen molar-refractivity contribution in [2.45, 2.75) is 0 Å². The number of hydrogen-bond donors (Lipinski definition) is 1. The van der Waals surface area contributed by atoms with E-state index in [4.69, 9.17) is 0 Å². The number of allylic oxidation sites excluding steroid dienone is 5. The quantitative estimate of drug-likeness (QED) is 0.417. The van der Waals surface area contributed by atoms with E-state index in [0.29, 0.717) is 39.1 Å². The van der Waals surface area contributed by atoms with Gasteiger partial charge in [0.15, 0.2) is 0 Å². The highest BCUT2D eigenvalue weighted by molar-refractivity contribution is 6.19. The average Bonchev–Trinajstić information content (AvgIpc) is 3.22. The van der Waals surface area contributed by atoms with Crippen molar-refractivity contribution < 1.29 is 9.50 Å². The molecular formula is C25H12FN3O. The molecule has 0 unspecified atom stereocenters. The summed E-state index contributed by atoms with van der Waals surface area (Å²) in [5, 5.41) is 29.5. The number of nitriles is 2. The van der Waals surface area contributed by atoms with Crippen LogP contribution in [0.2, 0.25) is 0 Å². The number of pyridine rings is 1. The lowest BCUT2D eigenvalue weighted by molar-refractivity contribution is 0.477. The maximum Gasteiger partial charge on any atom is 0.125 e. The van der Waals surface area contributed by atoms with Crippen molar-refractivity contribution >= 4 is 16.7 Å². The van der Waals surface area contributed by atoms with Crippen LogP contribution >= 0.6 is 0 Å². The van der Waals surface area contributed by atoms with Crippen LogP contribution in [0.1, 0.15) is 22.3 Å². The van der Waals surface area contributed by atoms with E-state index < -0.39 is 5.82 Å². The fourth-order valence-electron chi connectivity index (χ4n) is 4.30. The van der Waals surface area contributed by atoms with E-state index in [-0.39, 0.29) is 5.75 Å². The summed E-state index contributed by atoms with van der Waals surface area (Å²) in [5.74, 6) is -0.326. The summed E-state index contributed by atoms with van der Waals surface area (Å²) in [6.07, 6.45) is 4.43. The van der Waals surface area contributed by atoms with E-state index in [1.807, 2.05) is 12.1 Å². The predicted octanol–water partition coefficient (Wildman–Crippen LogP) is 5.24. The Morgan fingerprint density at radius 2 is 1.57 bits per heavy atom. The molecule has 1 aromatic heterocycles. The highest BCUT2D eigenvalue weighted by atomic mass is 19.1. The van der Waals surface area contributed by atoms with Crippen LogP contribution in [0.25, 0.3) is 28.0 Å². The van der Waals surface area contributed by atoms with Gasteiger partial charge < -0.3 is 5.11 Å². The molecule has 0 atom stereocenters. The van der Waals surface area contributed by atoms with Gasteiger partial charge in [0.05, 0.1) is 23.4 Å². The molecule has 140 valence electrons. The lowest BCUT2D eigenvalue weighted by Crippen LogP contribution is -1.91. The molecule has 30 heavy (non-hydrogen) atoms. The number of halogens is 1. The molecule has 0 aliphatic heterocycles. The minimum Gasteiger partial charge on any atom is -0.507 e. The molecule has 0 bridgehead atoms. The predicted molar refractivity (Wildman–Crippen MR) is 111 cm³/mol. The second-order valence-corrected chi connectivity index (χ2v) is 6.91. The molecular weight excluding hydrogens is 377 g/mol. The molecule has 2 aromatic carbocycles. The number of phenols is 1. The number of fused-ring (bicyclic) bond motifs is 4. The highest BCUT2D eigenvalue weighted by Gasteiger charge is 2.36. The Labute approximate surface area is 171 Å². The van der Waals surface area contributed by atoms with Gasteiger partial charge in [-0.3, -0.25) is 4.98 Å². The molecule has 5 rings (SSSR count). The number of nitrogens with zero attached hydrogens (tertiary/aromatic N) is 3. The minimum absolute atomic E-state index is 0.0984. The third kappa shape index (κ3) is 2.33. The zero-order valence-corrected chi connectivity index (χ0v) is 15.5. The largest absolute Gasteiger partial charge is 0.507 e. The molecule has 0 radical (unpaired) electrons. The van der Waals surface area contributed by atoms with Crippen molar-refractivity contribution in [2.75, 3.05) is 0 Å². The monoisotopic (exact) mass is 389 g/mol. The topological polar surface area (TPSA) is 80.7 Å². The van der Waals surface area contributed by atoms with Crippen LogP contribution in [0.3, 0.4) is 0 Å². The molecule has 0 spiro atoms. The summed E-state index contributed by atoms with van der Waals surface area (Å²) in [7, 11) is 0. The Morgan fingerprint density at radius 1 is 0.833 bits per heavy atom. The van der Waals surface area contributed by atoms with E-state index in [2.05, 4.69) is 17.1 Å².